The van der Waals surface area contributed by atoms with Crippen molar-refractivity contribution in [2.75, 3.05) is 5.73 Å². The fourth-order valence-corrected chi connectivity index (χ4v) is 2.25. The van der Waals surface area contributed by atoms with E-state index >= 15 is 0 Å². The van der Waals surface area contributed by atoms with Gasteiger partial charge in [0.05, 0.1) is 5.69 Å². The molecule has 0 amide bonds. The van der Waals surface area contributed by atoms with Crippen LogP contribution >= 0.6 is 0 Å². The molecule has 0 atom stereocenters. The molecule has 0 unspecified atom stereocenters. The predicted octanol–water partition coefficient (Wildman–Crippen LogP) is 3.50. The number of benzene rings is 2. The second-order valence-corrected chi connectivity index (χ2v) is 4.73. The fraction of sp³-hybridized carbons (Fsp3) is 0.188. The number of nitrogen functional groups attached to an aromatic ring is 1. The topological polar surface area (TPSA) is 52.0 Å². The van der Waals surface area contributed by atoms with Crippen molar-refractivity contribution in [2.45, 2.75) is 19.8 Å². The number of hydrogen-bond acceptors (Lipinski definition) is 3. The van der Waals surface area contributed by atoms with Crippen molar-refractivity contribution < 1.29 is 4.42 Å². The van der Waals surface area contributed by atoms with Gasteiger partial charge in [0.25, 0.3) is 0 Å². The summed E-state index contributed by atoms with van der Waals surface area (Å²) < 4.78 is 5.72. The van der Waals surface area contributed by atoms with Crippen LogP contribution in [0.5, 0.6) is 0 Å². The zero-order valence-electron chi connectivity index (χ0n) is 10.9. The number of aromatic nitrogens is 1. The van der Waals surface area contributed by atoms with Crippen LogP contribution in [-0.2, 0) is 12.8 Å². The lowest BCUT2D eigenvalue weighted by atomic mass is 10.0. The van der Waals surface area contributed by atoms with Gasteiger partial charge in [0, 0.05) is 6.42 Å². The number of fused-ring (bicyclic) bond motifs is 1. The monoisotopic (exact) mass is 252 g/mol. The summed E-state index contributed by atoms with van der Waals surface area (Å²) in [7, 11) is 0. The van der Waals surface area contributed by atoms with E-state index in [-0.39, 0.29) is 0 Å². The van der Waals surface area contributed by atoms with Crippen LogP contribution in [0, 0.1) is 6.92 Å². The van der Waals surface area contributed by atoms with Crippen molar-refractivity contribution in [3.05, 3.63) is 59.5 Å². The third-order valence-corrected chi connectivity index (χ3v) is 3.36. The van der Waals surface area contributed by atoms with E-state index in [0.29, 0.717) is 5.69 Å². The molecule has 0 fully saturated rings. The molecule has 1 aromatic heterocycles. The Kier molecular flexibility index (Phi) is 2.95. The number of nitrogens with two attached hydrogens (primary N) is 1. The lowest BCUT2D eigenvalue weighted by Crippen LogP contribution is -1.94. The van der Waals surface area contributed by atoms with Crippen LogP contribution in [0.4, 0.5) is 5.69 Å². The van der Waals surface area contributed by atoms with E-state index in [1.807, 2.05) is 18.2 Å². The molecule has 0 aliphatic heterocycles. The van der Waals surface area contributed by atoms with E-state index in [1.165, 1.54) is 11.1 Å². The highest BCUT2D eigenvalue weighted by Gasteiger charge is 2.08. The average Bonchev–Trinajstić information content (AvgIpc) is 2.82. The standard InChI is InChI=1S/C16H16N2O/c1-11-5-2-3-6-12(11)9-10-15-18-16-13(17)7-4-8-14(16)19-15/h2-8H,9-10,17H2,1H3. The summed E-state index contributed by atoms with van der Waals surface area (Å²) in [6.07, 6.45) is 1.72. The van der Waals surface area contributed by atoms with Gasteiger partial charge in [-0.05, 0) is 36.6 Å². The maximum absolute atomic E-state index is 5.88. The predicted molar refractivity (Wildman–Crippen MR) is 77.0 cm³/mol. The van der Waals surface area contributed by atoms with Crippen molar-refractivity contribution in [3.63, 3.8) is 0 Å². The number of para-hydroxylation sites is 1. The second-order valence-electron chi connectivity index (χ2n) is 4.73. The lowest BCUT2D eigenvalue weighted by molar-refractivity contribution is 0.528. The molecular weight excluding hydrogens is 236 g/mol. The number of nitrogens with zero attached hydrogens (tertiary/aromatic N) is 1. The van der Waals surface area contributed by atoms with Crippen molar-refractivity contribution in [2.24, 2.45) is 0 Å². The van der Waals surface area contributed by atoms with E-state index < -0.39 is 0 Å². The number of anilines is 1. The Hall–Kier alpha value is -2.29. The number of oxazole rings is 1. The molecule has 3 aromatic rings. The molecule has 0 aliphatic carbocycles. The Bertz CT molecular complexity index is 716. The van der Waals surface area contributed by atoms with Crippen LogP contribution in [0.3, 0.4) is 0 Å². The SMILES string of the molecule is Cc1ccccc1CCc1nc2c(N)cccc2o1. The van der Waals surface area contributed by atoms with Crippen LogP contribution in [0.2, 0.25) is 0 Å². The second kappa shape index (κ2) is 4.76. The molecule has 0 bridgehead atoms. The average molecular weight is 252 g/mol. The van der Waals surface area contributed by atoms with Crippen LogP contribution < -0.4 is 5.73 Å². The molecule has 0 saturated heterocycles. The smallest absolute Gasteiger partial charge is 0.195 e. The van der Waals surface area contributed by atoms with E-state index in [1.54, 1.807) is 0 Å². The highest BCUT2D eigenvalue weighted by Crippen LogP contribution is 2.22. The Labute approximate surface area is 112 Å². The van der Waals surface area contributed by atoms with E-state index in [9.17, 15) is 0 Å². The quantitative estimate of drug-likeness (QED) is 0.726. The Morgan fingerprint density at radius 1 is 1.05 bits per heavy atom. The van der Waals surface area contributed by atoms with Crippen LogP contribution in [0.25, 0.3) is 11.1 Å². The highest BCUT2D eigenvalue weighted by molar-refractivity contribution is 5.85. The Morgan fingerprint density at radius 2 is 1.89 bits per heavy atom. The molecule has 2 N–H and O–H groups in total. The summed E-state index contributed by atoms with van der Waals surface area (Å²) in [5, 5.41) is 0. The molecular formula is C16H16N2O. The van der Waals surface area contributed by atoms with Crippen LogP contribution in [0.1, 0.15) is 17.0 Å². The summed E-state index contributed by atoms with van der Waals surface area (Å²) in [5.41, 5.74) is 10.7. The number of aryl methyl sites for hydroxylation is 3. The zero-order valence-corrected chi connectivity index (χ0v) is 10.9. The van der Waals surface area contributed by atoms with Gasteiger partial charge in [-0.1, -0.05) is 30.3 Å². The molecule has 0 radical (unpaired) electrons. The van der Waals surface area contributed by atoms with Gasteiger partial charge in [0.15, 0.2) is 11.5 Å². The maximum atomic E-state index is 5.88. The van der Waals surface area contributed by atoms with Crippen LogP contribution in [-0.4, -0.2) is 4.98 Å². The first kappa shape index (κ1) is 11.8. The third kappa shape index (κ3) is 2.32. The minimum Gasteiger partial charge on any atom is -0.441 e. The molecule has 3 heteroatoms. The van der Waals surface area contributed by atoms with E-state index in [4.69, 9.17) is 10.2 Å². The van der Waals surface area contributed by atoms with Crippen molar-refractivity contribution in [1.82, 2.24) is 4.98 Å². The number of hydrogen-bond donors (Lipinski definition) is 1. The zero-order chi connectivity index (χ0) is 13.2. The van der Waals surface area contributed by atoms with E-state index in [2.05, 4.69) is 36.2 Å². The Morgan fingerprint density at radius 3 is 2.68 bits per heavy atom. The van der Waals surface area contributed by atoms with Gasteiger partial charge in [-0.25, -0.2) is 4.98 Å². The summed E-state index contributed by atoms with van der Waals surface area (Å²) in [4.78, 5) is 4.47. The van der Waals surface area contributed by atoms with Crippen LogP contribution in [0.15, 0.2) is 46.9 Å². The summed E-state index contributed by atoms with van der Waals surface area (Å²) in [6, 6.07) is 14.0. The first-order valence-corrected chi connectivity index (χ1v) is 6.42. The van der Waals surface area contributed by atoms with Gasteiger partial charge in [-0.3, -0.25) is 0 Å². The molecule has 3 nitrogen and oxygen atoms in total. The van der Waals surface area contributed by atoms with Gasteiger partial charge in [0.1, 0.15) is 5.52 Å². The highest BCUT2D eigenvalue weighted by atomic mass is 16.3. The van der Waals surface area contributed by atoms with Crippen molar-refractivity contribution in [1.29, 1.82) is 0 Å². The van der Waals surface area contributed by atoms with Gasteiger partial charge in [-0.2, -0.15) is 0 Å². The minimum atomic E-state index is 0.670. The molecule has 96 valence electrons. The summed E-state index contributed by atoms with van der Waals surface area (Å²) in [5.74, 6) is 0.746. The largest absolute Gasteiger partial charge is 0.441 e. The maximum Gasteiger partial charge on any atom is 0.195 e. The molecule has 0 aliphatic rings. The molecule has 1 heterocycles. The Balaban J connectivity index is 1.83. The molecule has 2 aromatic carbocycles. The lowest BCUT2D eigenvalue weighted by Gasteiger charge is -2.02. The molecule has 0 saturated carbocycles. The minimum absolute atomic E-state index is 0.670. The normalized spacial score (nSPS) is 11.0. The summed E-state index contributed by atoms with van der Waals surface area (Å²) >= 11 is 0. The van der Waals surface area contributed by atoms with Gasteiger partial charge >= 0.3 is 0 Å². The van der Waals surface area contributed by atoms with E-state index in [0.717, 1.165) is 29.8 Å². The van der Waals surface area contributed by atoms with Crippen molar-refractivity contribution in [3.8, 4) is 0 Å². The first-order valence-electron chi connectivity index (χ1n) is 6.42. The van der Waals surface area contributed by atoms with Gasteiger partial charge < -0.3 is 10.2 Å². The molecule has 19 heavy (non-hydrogen) atoms. The third-order valence-electron chi connectivity index (χ3n) is 3.36. The molecule has 3 rings (SSSR count). The first-order chi connectivity index (χ1) is 9.24. The van der Waals surface area contributed by atoms with Gasteiger partial charge in [0.2, 0.25) is 0 Å². The summed E-state index contributed by atoms with van der Waals surface area (Å²) in [6.45, 7) is 2.12. The fourth-order valence-electron chi connectivity index (χ4n) is 2.25. The van der Waals surface area contributed by atoms with Gasteiger partial charge in [-0.15, -0.1) is 0 Å². The molecule has 0 spiro atoms. The van der Waals surface area contributed by atoms with Crippen molar-refractivity contribution >= 4 is 16.8 Å². The number of rotatable bonds is 3.